The molecule has 0 spiro atoms. The van der Waals surface area contributed by atoms with Gasteiger partial charge in [-0.15, -0.1) is 0 Å². The molecule has 2 amide bonds. The van der Waals surface area contributed by atoms with E-state index in [-0.39, 0.29) is 35.5 Å². The highest BCUT2D eigenvalue weighted by Gasteiger charge is 2.67. The second-order valence-electron chi connectivity index (χ2n) is 6.94. The number of halogens is 1. The van der Waals surface area contributed by atoms with Gasteiger partial charge in [-0.05, 0) is 47.8 Å². The lowest BCUT2D eigenvalue weighted by Gasteiger charge is -2.37. The molecule has 0 unspecified atom stereocenters. The average Bonchev–Trinajstić information content (AvgIpc) is 3.33. The Balaban J connectivity index is 1.44. The number of imide groups is 1. The van der Waals surface area contributed by atoms with Gasteiger partial charge < -0.3 is 0 Å². The zero-order chi connectivity index (χ0) is 15.7. The SMILES string of the molecule is O=C1[C@@H]2[C@@H]3C=C[C@H]([C@@H]4C[C@H]34)[C@@H]2C(=O)N1/N=C\c1ccc(Br)cc1. The molecule has 1 aliphatic heterocycles. The van der Waals surface area contributed by atoms with Gasteiger partial charge in [0.05, 0.1) is 18.1 Å². The van der Waals surface area contributed by atoms with E-state index in [9.17, 15) is 9.59 Å². The van der Waals surface area contributed by atoms with Crippen molar-refractivity contribution in [1.29, 1.82) is 0 Å². The van der Waals surface area contributed by atoms with Crippen molar-refractivity contribution in [3.05, 3.63) is 46.5 Å². The Morgan fingerprint density at radius 3 is 2.13 bits per heavy atom. The molecule has 2 bridgehead atoms. The molecule has 6 atom stereocenters. The topological polar surface area (TPSA) is 49.7 Å². The first-order valence-electron chi connectivity index (χ1n) is 8.01. The summed E-state index contributed by atoms with van der Waals surface area (Å²) in [6, 6.07) is 7.61. The van der Waals surface area contributed by atoms with Crippen LogP contribution in [0.2, 0.25) is 0 Å². The summed E-state index contributed by atoms with van der Waals surface area (Å²) in [7, 11) is 0. The predicted octanol–water partition coefficient (Wildman–Crippen LogP) is 2.84. The molecule has 116 valence electrons. The van der Waals surface area contributed by atoms with Crippen LogP contribution in [0.4, 0.5) is 0 Å². The molecule has 5 heteroatoms. The molecule has 1 heterocycles. The number of amides is 2. The standard InChI is InChI=1S/C18H15BrN2O2/c19-10-3-1-9(2-4-10)8-20-21-17(22)15-11-5-6-12(14-7-13(11)14)16(15)18(21)23/h1-6,8,11-16H,7H2/b20-8-/t11-,12-,13-,14+,15-,16+/m1/s1. The molecule has 4 nitrogen and oxygen atoms in total. The van der Waals surface area contributed by atoms with Crippen LogP contribution in [0, 0.1) is 35.5 Å². The molecule has 2 saturated carbocycles. The average molecular weight is 371 g/mol. The van der Waals surface area contributed by atoms with Gasteiger partial charge in [0.1, 0.15) is 0 Å². The molecule has 0 radical (unpaired) electrons. The van der Waals surface area contributed by atoms with Crippen LogP contribution in [0.3, 0.4) is 0 Å². The molecule has 0 N–H and O–H groups in total. The van der Waals surface area contributed by atoms with Crippen LogP contribution in [-0.4, -0.2) is 23.0 Å². The first-order chi connectivity index (χ1) is 11.1. The highest BCUT2D eigenvalue weighted by molar-refractivity contribution is 9.10. The molecule has 1 saturated heterocycles. The van der Waals surface area contributed by atoms with E-state index in [1.165, 1.54) is 6.42 Å². The van der Waals surface area contributed by atoms with Gasteiger partial charge in [-0.1, -0.05) is 40.2 Å². The Morgan fingerprint density at radius 1 is 1.00 bits per heavy atom. The smallest absolute Gasteiger partial charge is 0.254 e. The molecule has 3 fully saturated rings. The van der Waals surface area contributed by atoms with Crippen LogP contribution in [0.5, 0.6) is 0 Å². The largest absolute Gasteiger partial charge is 0.272 e. The van der Waals surface area contributed by atoms with Crippen LogP contribution in [0.1, 0.15) is 12.0 Å². The molecule has 23 heavy (non-hydrogen) atoms. The Morgan fingerprint density at radius 2 is 1.57 bits per heavy atom. The molecule has 6 rings (SSSR count). The highest BCUT2D eigenvalue weighted by atomic mass is 79.9. The van der Waals surface area contributed by atoms with E-state index in [4.69, 9.17) is 0 Å². The monoisotopic (exact) mass is 370 g/mol. The number of rotatable bonds is 2. The molecule has 1 aromatic carbocycles. The Labute approximate surface area is 142 Å². The van der Waals surface area contributed by atoms with Crippen LogP contribution in [0.25, 0.3) is 0 Å². The third-order valence-corrected chi connectivity index (χ3v) is 6.36. The van der Waals surface area contributed by atoms with Gasteiger partial charge in [-0.2, -0.15) is 10.1 Å². The fraction of sp³-hybridized carbons (Fsp3) is 0.389. The molecular weight excluding hydrogens is 356 g/mol. The molecule has 5 aliphatic rings. The van der Waals surface area contributed by atoms with Crippen molar-refractivity contribution in [3.8, 4) is 0 Å². The lowest BCUT2D eigenvalue weighted by atomic mass is 9.63. The zero-order valence-electron chi connectivity index (χ0n) is 12.3. The minimum Gasteiger partial charge on any atom is -0.272 e. The Bertz CT molecular complexity index is 734. The summed E-state index contributed by atoms with van der Waals surface area (Å²) < 4.78 is 0.982. The molecule has 0 aromatic heterocycles. The summed E-state index contributed by atoms with van der Waals surface area (Å²) in [5.74, 6) is 1.17. The van der Waals surface area contributed by atoms with Crippen molar-refractivity contribution in [2.45, 2.75) is 6.42 Å². The fourth-order valence-electron chi connectivity index (χ4n) is 4.73. The lowest BCUT2D eigenvalue weighted by molar-refractivity contribution is -0.140. The number of hydrogen-bond donors (Lipinski definition) is 0. The summed E-state index contributed by atoms with van der Waals surface area (Å²) in [5.41, 5.74) is 0.868. The first-order valence-corrected chi connectivity index (χ1v) is 8.80. The Kier molecular flexibility index (Phi) is 2.75. The summed E-state index contributed by atoms with van der Waals surface area (Å²) in [6.45, 7) is 0. The van der Waals surface area contributed by atoms with E-state index in [0.29, 0.717) is 11.8 Å². The van der Waals surface area contributed by atoms with E-state index in [2.05, 4.69) is 33.2 Å². The number of carbonyl (C=O) groups excluding carboxylic acids is 2. The fourth-order valence-corrected chi connectivity index (χ4v) is 4.99. The van der Waals surface area contributed by atoms with Gasteiger partial charge in [0.15, 0.2) is 0 Å². The lowest BCUT2D eigenvalue weighted by Crippen LogP contribution is -2.40. The minimum absolute atomic E-state index is 0.113. The summed E-state index contributed by atoms with van der Waals surface area (Å²) in [6.07, 6.45) is 7.12. The van der Waals surface area contributed by atoms with Crippen LogP contribution in [0.15, 0.2) is 46.0 Å². The van der Waals surface area contributed by atoms with Gasteiger partial charge in [-0.25, -0.2) is 0 Å². The number of allylic oxidation sites excluding steroid dienone is 2. The Hall–Kier alpha value is -1.75. The van der Waals surface area contributed by atoms with Gasteiger partial charge >= 0.3 is 0 Å². The van der Waals surface area contributed by atoms with Gasteiger partial charge in [0.25, 0.3) is 11.8 Å². The van der Waals surface area contributed by atoms with E-state index >= 15 is 0 Å². The van der Waals surface area contributed by atoms with Crippen molar-refractivity contribution >= 4 is 34.0 Å². The third-order valence-electron chi connectivity index (χ3n) is 5.83. The quantitative estimate of drug-likeness (QED) is 0.456. The summed E-state index contributed by atoms with van der Waals surface area (Å²) in [4.78, 5) is 25.5. The van der Waals surface area contributed by atoms with Crippen molar-refractivity contribution < 1.29 is 9.59 Å². The van der Waals surface area contributed by atoms with Gasteiger partial charge in [0.2, 0.25) is 0 Å². The highest BCUT2D eigenvalue weighted by Crippen LogP contribution is 2.65. The maximum absolute atomic E-state index is 12.7. The maximum atomic E-state index is 12.7. The summed E-state index contributed by atoms with van der Waals surface area (Å²) in [5, 5.41) is 5.33. The molecule has 1 aromatic rings. The zero-order valence-corrected chi connectivity index (χ0v) is 13.9. The van der Waals surface area contributed by atoms with Crippen molar-refractivity contribution in [3.63, 3.8) is 0 Å². The predicted molar refractivity (Wildman–Crippen MR) is 88.3 cm³/mol. The first kappa shape index (κ1) is 13.7. The second-order valence-corrected chi connectivity index (χ2v) is 7.85. The van der Waals surface area contributed by atoms with Crippen LogP contribution in [-0.2, 0) is 9.59 Å². The number of nitrogens with zero attached hydrogens (tertiary/aromatic N) is 2. The van der Waals surface area contributed by atoms with Crippen molar-refractivity contribution in [2.75, 3.05) is 0 Å². The van der Waals surface area contributed by atoms with Gasteiger partial charge in [-0.3, -0.25) is 9.59 Å². The number of benzene rings is 1. The number of carbonyl (C=O) groups is 2. The summed E-state index contributed by atoms with van der Waals surface area (Å²) >= 11 is 3.38. The van der Waals surface area contributed by atoms with Crippen molar-refractivity contribution in [2.24, 2.45) is 40.6 Å². The second kappa shape index (κ2) is 4.63. The number of hydrogen-bond acceptors (Lipinski definition) is 3. The van der Waals surface area contributed by atoms with Crippen LogP contribution >= 0.6 is 15.9 Å². The van der Waals surface area contributed by atoms with Crippen molar-refractivity contribution in [1.82, 2.24) is 5.01 Å². The van der Waals surface area contributed by atoms with Crippen LogP contribution < -0.4 is 0 Å². The molecular formula is C18H15BrN2O2. The number of hydrazone groups is 1. The van der Waals surface area contributed by atoms with E-state index in [1.807, 2.05) is 24.3 Å². The molecule has 4 aliphatic carbocycles. The van der Waals surface area contributed by atoms with E-state index < -0.39 is 0 Å². The van der Waals surface area contributed by atoms with Gasteiger partial charge in [0, 0.05) is 4.47 Å². The maximum Gasteiger partial charge on any atom is 0.254 e. The minimum atomic E-state index is -0.177. The normalized spacial score (nSPS) is 40.0. The third kappa shape index (κ3) is 1.86. The van der Waals surface area contributed by atoms with E-state index in [0.717, 1.165) is 15.0 Å². The van der Waals surface area contributed by atoms with E-state index in [1.54, 1.807) is 6.21 Å².